The van der Waals surface area contributed by atoms with Gasteiger partial charge in [0, 0.05) is 129 Å². The molecule has 0 radical (unpaired) electrons. The van der Waals surface area contributed by atoms with Crippen LogP contribution in [0.1, 0.15) is 191 Å². The van der Waals surface area contributed by atoms with Crippen LogP contribution in [0.25, 0.3) is 33.1 Å². The van der Waals surface area contributed by atoms with Crippen LogP contribution < -0.4 is 66.2 Å². The molecule has 11 rings (SSSR count). The van der Waals surface area contributed by atoms with Crippen molar-refractivity contribution in [1.82, 2.24) is 60.5 Å². The van der Waals surface area contributed by atoms with Crippen LogP contribution in [0.5, 0.6) is 0 Å². The van der Waals surface area contributed by atoms with Gasteiger partial charge < -0.3 is 18.3 Å². The molecule has 1 aliphatic carbocycles. The van der Waals surface area contributed by atoms with Crippen LogP contribution in [0.4, 0.5) is 35.1 Å². The first-order valence-electron chi connectivity index (χ1n) is 42.8. The van der Waals surface area contributed by atoms with Crippen molar-refractivity contribution in [2.24, 2.45) is 5.92 Å². The molecular formula is C92H110F8N14O15. The van der Waals surface area contributed by atoms with E-state index in [0.717, 1.165) is 104 Å². The van der Waals surface area contributed by atoms with Crippen LogP contribution in [0.15, 0.2) is 172 Å². The summed E-state index contributed by atoms with van der Waals surface area (Å²) in [5, 5.41) is 10.2. The molecule has 3 aliphatic rings. The fraction of sp³-hybridized carbons (Fsp3) is 0.457. The monoisotopic (exact) mass is 1800 g/mol. The SMILES string of the molecule is C=CCN1C(=O)Cc2c(c(=O)cc(CCCC)n2CC(F)F)C1=O.C=CCn1c(=O)c2c(=O)cc(CCCC)n(CC(F)F)c2n(CC=C)c1=O.C=CCn1c(=O)c2c(=O)cc(CCCC)n(CCCCC#N)c2n(CC=C)c1=O.C=CCn1c(=O)c2c(=O)cc(CCCC3CC3)n(C(F)F)c2n(CC=C)c1=O.CCCCc1cc(=O)c2c(n1CC(F)F)CC(=O)NC2=O. The number of nitrogens with one attached hydrogen (secondary N) is 1. The maximum Gasteiger partial charge on any atom is 0.333 e. The van der Waals surface area contributed by atoms with Gasteiger partial charge >= 0.3 is 23.6 Å². The zero-order chi connectivity index (χ0) is 95.4. The second-order valence-electron chi connectivity index (χ2n) is 30.9. The smallest absolute Gasteiger partial charge is 0.333 e. The number of nitrogens with zero attached hydrogens (tertiary/aromatic N) is 13. The number of aryl methyl sites for hydroxylation is 6. The summed E-state index contributed by atoms with van der Waals surface area (Å²) >= 11 is 0. The van der Waals surface area contributed by atoms with Gasteiger partial charge in [-0.2, -0.15) is 14.0 Å². The Balaban J connectivity index is 0.000000222. The first kappa shape index (κ1) is 103. The number of halogens is 8. The minimum atomic E-state index is -3.00. The van der Waals surface area contributed by atoms with E-state index in [0.29, 0.717) is 97.5 Å². The molecule has 0 unspecified atom stereocenters. The number of unbranched alkanes of at least 4 members (excludes halogenated alkanes) is 6. The summed E-state index contributed by atoms with van der Waals surface area (Å²) in [6.45, 7) is 28.3. The van der Waals surface area contributed by atoms with Gasteiger partial charge in [0.05, 0.1) is 38.5 Å². The van der Waals surface area contributed by atoms with Crippen LogP contribution in [0, 0.1) is 17.2 Å². The number of aromatic nitrogens is 11. The number of carbonyl (C=O) groups excluding carboxylic acids is 4. The van der Waals surface area contributed by atoms with E-state index in [1.165, 1.54) is 79.0 Å². The highest BCUT2D eigenvalue weighted by molar-refractivity contribution is 6.10. The summed E-state index contributed by atoms with van der Waals surface area (Å²) in [5.74, 6) is -2.00. The maximum absolute atomic E-state index is 14.0. The lowest BCUT2D eigenvalue weighted by atomic mass is 10.0. The molecule has 37 heteroatoms. The van der Waals surface area contributed by atoms with E-state index in [1.54, 1.807) is 6.08 Å². The predicted octanol–water partition coefficient (Wildman–Crippen LogP) is 11.3. The lowest BCUT2D eigenvalue weighted by Crippen LogP contribution is -2.46. The average molecular weight is 1800 g/mol. The van der Waals surface area contributed by atoms with Crippen molar-refractivity contribution in [1.29, 1.82) is 5.26 Å². The molecule has 0 saturated heterocycles. The number of fused-ring (bicyclic) bond motifs is 5. The minimum absolute atomic E-state index is 0.00818. The van der Waals surface area contributed by atoms with Gasteiger partial charge in [-0.1, -0.05) is 115 Å². The standard InChI is InChI=1S/C22H28N4O3.C20H23F2N3O3.C19H23F2N3O3.C17H20F2N2O3.C14H16F2N2O3/c1-4-7-11-17-16-18(27)19-20(24(17)15-10-8-9-12-23)25(13-5-2)22(29)26(14-6-3)21(19)28;1-3-10-23-17-16(18(27)24(11-4-2)20(23)28)15(26)12-14(25(17)19(21)22)7-5-6-13-8-9-13;1-4-7-8-13-11-14(25)16-17(24(13)12-15(20)21)22(9-5-2)19(27)23(10-6-3)18(16)26;1-3-5-6-11-8-13(22)16-12(21(11)10-14(18)19)9-15(23)20(7-4-2)17(16)24;1-2-3-4-8-5-10(19)13-9(18(8)7-11(15)16)6-12(20)17-14(13)21/h5-6,16H,2-4,7-11,13-15H2,1H3;3-4,12-13,19H,1-2,5-11H2;5-6,11,15H,2-4,7-10,12H2,1H3;4,8,14H,2-3,5-7,9-10H2,1H3;5,11H,2-4,6-7H2,1H3,(H,17,20,21). The minimum Gasteiger partial charge on any atom is -0.341 e. The lowest BCUT2D eigenvalue weighted by Gasteiger charge is -2.29. The molecular weight excluding hydrogens is 1690 g/mol. The molecule has 129 heavy (non-hydrogen) atoms. The number of allylic oxidation sites excluding steroid dienone is 6. The highest BCUT2D eigenvalue weighted by atomic mass is 19.3. The lowest BCUT2D eigenvalue weighted by molar-refractivity contribution is -0.128. The molecule has 1 N–H and O–H groups in total. The number of amides is 4. The highest BCUT2D eigenvalue weighted by Crippen LogP contribution is 2.34. The van der Waals surface area contributed by atoms with E-state index in [4.69, 9.17) is 5.26 Å². The fourth-order valence-electron chi connectivity index (χ4n) is 15.6. The van der Waals surface area contributed by atoms with E-state index in [9.17, 15) is 107 Å². The van der Waals surface area contributed by atoms with Crippen molar-refractivity contribution in [3.8, 4) is 6.07 Å². The van der Waals surface area contributed by atoms with Crippen molar-refractivity contribution in [3.63, 3.8) is 0 Å². The maximum atomic E-state index is 14.0. The molecule has 29 nitrogen and oxygen atoms in total. The van der Waals surface area contributed by atoms with Crippen molar-refractivity contribution >= 4 is 56.7 Å². The summed E-state index contributed by atoms with van der Waals surface area (Å²) in [4.78, 5) is 188. The molecule has 8 aromatic heterocycles. The van der Waals surface area contributed by atoms with Gasteiger partial charge in [0.1, 0.15) is 44.2 Å². The number of pyridine rings is 5. The van der Waals surface area contributed by atoms with Crippen molar-refractivity contribution < 1.29 is 54.3 Å². The number of hydrogen-bond donors (Lipinski definition) is 1. The second kappa shape index (κ2) is 48.8. The molecule has 694 valence electrons. The Kier molecular flexibility index (Phi) is 39.0. The van der Waals surface area contributed by atoms with Gasteiger partial charge in [-0.25, -0.2) is 40.7 Å². The van der Waals surface area contributed by atoms with Crippen LogP contribution >= 0.6 is 0 Å². The van der Waals surface area contributed by atoms with Crippen LogP contribution in [-0.2, 0) is 120 Å². The fourth-order valence-corrected chi connectivity index (χ4v) is 15.6. The number of hydrogen-bond acceptors (Lipinski definition) is 16. The summed E-state index contributed by atoms with van der Waals surface area (Å²) in [5.41, 5.74) is -4.95. The Bertz CT molecular complexity index is 6340. The quantitative estimate of drug-likeness (QED) is 0.0161. The topological polar surface area (TPSA) is 349 Å². The van der Waals surface area contributed by atoms with Gasteiger partial charge in [0.2, 0.25) is 11.8 Å². The zero-order valence-electron chi connectivity index (χ0n) is 73.1. The zero-order valence-corrected chi connectivity index (χ0v) is 73.1. The molecule has 1 fully saturated rings. The van der Waals surface area contributed by atoms with Crippen LogP contribution in [-0.4, -0.2) is 105 Å². The number of alkyl halides is 8. The van der Waals surface area contributed by atoms with Crippen molar-refractivity contribution in [2.75, 3.05) is 6.54 Å². The van der Waals surface area contributed by atoms with Gasteiger partial charge in [-0.05, 0) is 83.0 Å². The van der Waals surface area contributed by atoms with Gasteiger partial charge in [0.15, 0.2) is 27.1 Å². The molecule has 4 amide bonds. The third-order valence-corrected chi connectivity index (χ3v) is 21.6. The number of rotatable bonds is 41. The third kappa shape index (κ3) is 24.9. The van der Waals surface area contributed by atoms with Gasteiger partial charge in [-0.15, -0.1) is 46.1 Å². The van der Waals surface area contributed by atoms with E-state index in [-0.39, 0.29) is 121 Å². The summed E-state index contributed by atoms with van der Waals surface area (Å²) in [7, 11) is 0. The normalized spacial score (nSPS) is 12.8. The first-order valence-corrected chi connectivity index (χ1v) is 42.8. The number of imide groups is 2. The average Bonchev–Trinajstić information content (AvgIpc) is 0.818. The van der Waals surface area contributed by atoms with Gasteiger partial charge in [0.25, 0.3) is 47.8 Å². The molecule has 0 aromatic carbocycles. The summed E-state index contributed by atoms with van der Waals surface area (Å²) < 4.78 is 119. The van der Waals surface area contributed by atoms with Gasteiger partial charge in [-0.3, -0.25) is 99.7 Å². The third-order valence-electron chi connectivity index (χ3n) is 21.6. The Hall–Kier alpha value is -13.0. The van der Waals surface area contributed by atoms with Crippen molar-refractivity contribution in [2.45, 2.75) is 260 Å². The number of nitriles is 1. The second-order valence-corrected chi connectivity index (χ2v) is 30.9. The largest absolute Gasteiger partial charge is 0.341 e. The molecule has 8 aromatic rings. The highest BCUT2D eigenvalue weighted by Gasteiger charge is 2.37. The molecule has 0 spiro atoms. The number of carbonyl (C=O) groups is 4. The Morgan fingerprint density at radius 3 is 1.15 bits per heavy atom. The molecule has 0 atom stereocenters. The van der Waals surface area contributed by atoms with E-state index >= 15 is 0 Å². The summed E-state index contributed by atoms with van der Waals surface area (Å²) in [6.07, 6.45) is 15.9. The van der Waals surface area contributed by atoms with Crippen LogP contribution in [0.3, 0.4) is 0 Å². The molecule has 10 heterocycles. The first-order chi connectivity index (χ1) is 61.6. The summed E-state index contributed by atoms with van der Waals surface area (Å²) in [6, 6.07) is 8.45. The Labute approximate surface area is 735 Å². The molecule has 0 bridgehead atoms. The molecule has 2 aliphatic heterocycles. The Morgan fingerprint density at radius 1 is 0.403 bits per heavy atom. The molecule has 1 saturated carbocycles. The van der Waals surface area contributed by atoms with E-state index < -0.39 is 130 Å². The van der Waals surface area contributed by atoms with E-state index in [1.807, 2.05) is 30.7 Å². The van der Waals surface area contributed by atoms with Crippen molar-refractivity contribution in [3.05, 3.63) is 284 Å². The van der Waals surface area contributed by atoms with Crippen LogP contribution in [0.2, 0.25) is 0 Å². The van der Waals surface area contributed by atoms with E-state index in [2.05, 4.69) is 59.0 Å². The predicted molar refractivity (Wildman–Crippen MR) is 478 cm³/mol. The Morgan fingerprint density at radius 2 is 0.752 bits per heavy atom.